The lowest BCUT2D eigenvalue weighted by molar-refractivity contribution is 0.222. The maximum atomic E-state index is 5.34. The number of hydrogen-bond acceptors (Lipinski definition) is 3. The average molecular weight is 231 g/mol. The summed E-state index contributed by atoms with van der Waals surface area (Å²) in [7, 11) is 0. The number of hydrogen-bond donors (Lipinski definition) is 0. The van der Waals surface area contributed by atoms with Crippen molar-refractivity contribution in [1.82, 2.24) is 10.1 Å². The van der Waals surface area contributed by atoms with Crippen molar-refractivity contribution < 1.29 is 4.52 Å². The highest BCUT2D eigenvalue weighted by molar-refractivity contribution is 5.85. The molecule has 86 valence electrons. The molecule has 0 unspecified atom stereocenters. The van der Waals surface area contributed by atoms with Crippen molar-refractivity contribution in [3.8, 4) is 0 Å². The van der Waals surface area contributed by atoms with Crippen LogP contribution in [0.2, 0.25) is 0 Å². The van der Waals surface area contributed by atoms with E-state index < -0.39 is 0 Å². The van der Waals surface area contributed by atoms with Crippen molar-refractivity contribution in [3.63, 3.8) is 0 Å². The first-order valence-electron chi connectivity index (χ1n) is 5.38. The van der Waals surface area contributed by atoms with Gasteiger partial charge in [0.05, 0.1) is 11.7 Å². The second-order valence-corrected chi connectivity index (χ2v) is 4.31. The van der Waals surface area contributed by atoms with E-state index in [9.17, 15) is 0 Å². The van der Waals surface area contributed by atoms with Gasteiger partial charge in [0.1, 0.15) is 0 Å². The van der Waals surface area contributed by atoms with Gasteiger partial charge in [0.15, 0.2) is 5.76 Å². The number of aromatic nitrogens is 1. The molecule has 0 saturated carbocycles. The van der Waals surface area contributed by atoms with E-state index in [0.29, 0.717) is 6.04 Å². The fraction of sp³-hybridized carbons (Fsp3) is 0.727. The smallest absolute Gasteiger partial charge is 0.154 e. The van der Waals surface area contributed by atoms with Gasteiger partial charge in [-0.1, -0.05) is 19.0 Å². The quantitative estimate of drug-likeness (QED) is 0.783. The summed E-state index contributed by atoms with van der Waals surface area (Å²) in [5.74, 6) is 1.80. The summed E-state index contributed by atoms with van der Waals surface area (Å²) in [5, 5.41) is 3.95. The number of aryl methyl sites for hydroxylation is 1. The lowest BCUT2D eigenvalue weighted by atomic mass is 10.1. The van der Waals surface area contributed by atoms with Gasteiger partial charge in [-0.2, -0.15) is 0 Å². The normalized spacial score (nSPS) is 26.6. The van der Waals surface area contributed by atoms with Crippen LogP contribution in [0.4, 0.5) is 0 Å². The fourth-order valence-corrected chi connectivity index (χ4v) is 2.32. The lowest BCUT2D eigenvalue weighted by Crippen LogP contribution is -2.22. The van der Waals surface area contributed by atoms with Gasteiger partial charge in [0, 0.05) is 12.6 Å². The standard InChI is InChI=1S/C11H18N2O.ClH/c1-4-13-7-8(2)5-10(13)11-6-9(3)12-14-11;/h6,8,10H,4-5,7H2,1-3H3;1H/t8-,10+;/m1./s1. The lowest BCUT2D eigenvalue weighted by Gasteiger charge is -2.19. The van der Waals surface area contributed by atoms with Crippen LogP contribution in [0.1, 0.15) is 37.8 Å². The summed E-state index contributed by atoms with van der Waals surface area (Å²) in [5.41, 5.74) is 0.982. The van der Waals surface area contributed by atoms with E-state index in [2.05, 4.69) is 30.0 Å². The predicted molar refractivity (Wildman–Crippen MR) is 62.3 cm³/mol. The third-order valence-electron chi connectivity index (χ3n) is 2.99. The molecule has 4 heteroatoms. The summed E-state index contributed by atoms with van der Waals surface area (Å²) < 4.78 is 5.34. The Bertz CT molecular complexity index is 313. The molecule has 0 amide bonds. The molecule has 1 fully saturated rings. The first kappa shape index (κ1) is 12.5. The number of halogens is 1. The highest BCUT2D eigenvalue weighted by Crippen LogP contribution is 2.34. The van der Waals surface area contributed by atoms with Gasteiger partial charge in [-0.3, -0.25) is 4.90 Å². The summed E-state index contributed by atoms with van der Waals surface area (Å²) in [6.45, 7) is 8.75. The summed E-state index contributed by atoms with van der Waals surface area (Å²) in [6, 6.07) is 2.52. The van der Waals surface area contributed by atoms with Crippen molar-refractivity contribution in [2.45, 2.75) is 33.2 Å². The third-order valence-corrected chi connectivity index (χ3v) is 2.99. The van der Waals surface area contributed by atoms with Crippen molar-refractivity contribution in [3.05, 3.63) is 17.5 Å². The van der Waals surface area contributed by atoms with E-state index in [0.717, 1.165) is 23.9 Å². The van der Waals surface area contributed by atoms with E-state index >= 15 is 0 Å². The van der Waals surface area contributed by atoms with Crippen molar-refractivity contribution in [2.75, 3.05) is 13.1 Å². The zero-order chi connectivity index (χ0) is 10.1. The van der Waals surface area contributed by atoms with Gasteiger partial charge in [-0.15, -0.1) is 12.4 Å². The van der Waals surface area contributed by atoms with E-state index in [1.807, 2.05) is 6.92 Å². The highest BCUT2D eigenvalue weighted by atomic mass is 35.5. The summed E-state index contributed by atoms with van der Waals surface area (Å²) in [4.78, 5) is 2.46. The third kappa shape index (κ3) is 2.52. The van der Waals surface area contributed by atoms with Gasteiger partial charge < -0.3 is 4.52 Å². The number of rotatable bonds is 2. The molecule has 2 rings (SSSR count). The van der Waals surface area contributed by atoms with Gasteiger partial charge in [0.2, 0.25) is 0 Å². The van der Waals surface area contributed by atoms with E-state index in [4.69, 9.17) is 4.52 Å². The van der Waals surface area contributed by atoms with Gasteiger partial charge in [0.25, 0.3) is 0 Å². The Morgan fingerprint density at radius 3 is 2.87 bits per heavy atom. The molecule has 1 aliphatic rings. The minimum absolute atomic E-state index is 0. The molecule has 0 aliphatic carbocycles. The van der Waals surface area contributed by atoms with Crippen LogP contribution in [0.25, 0.3) is 0 Å². The van der Waals surface area contributed by atoms with Crippen molar-refractivity contribution in [2.24, 2.45) is 5.92 Å². The van der Waals surface area contributed by atoms with Crippen molar-refractivity contribution in [1.29, 1.82) is 0 Å². The number of nitrogens with zero attached hydrogens (tertiary/aromatic N) is 2. The summed E-state index contributed by atoms with van der Waals surface area (Å²) in [6.07, 6.45) is 1.20. The molecule has 0 radical (unpaired) electrons. The van der Waals surface area contributed by atoms with Gasteiger partial charge in [-0.05, 0) is 25.8 Å². The Labute approximate surface area is 97.2 Å². The van der Waals surface area contributed by atoms with Gasteiger partial charge in [-0.25, -0.2) is 0 Å². The molecule has 2 heterocycles. The minimum Gasteiger partial charge on any atom is -0.359 e. The van der Waals surface area contributed by atoms with Crippen LogP contribution in [0.5, 0.6) is 0 Å². The fourth-order valence-electron chi connectivity index (χ4n) is 2.32. The minimum atomic E-state index is 0. The first-order valence-corrected chi connectivity index (χ1v) is 5.38. The Kier molecular flexibility index (Phi) is 4.17. The Hall–Kier alpha value is -0.540. The van der Waals surface area contributed by atoms with Crippen LogP contribution >= 0.6 is 12.4 Å². The van der Waals surface area contributed by atoms with Gasteiger partial charge >= 0.3 is 0 Å². The average Bonchev–Trinajstić information content (AvgIpc) is 2.71. The molecule has 1 aliphatic heterocycles. The SMILES string of the molecule is CCN1C[C@H](C)C[C@H]1c1cc(C)no1.Cl. The Balaban J connectivity index is 0.00000112. The molecular formula is C11H19ClN2O. The molecule has 15 heavy (non-hydrogen) atoms. The van der Waals surface area contributed by atoms with Crippen LogP contribution in [0.15, 0.2) is 10.6 Å². The monoisotopic (exact) mass is 230 g/mol. The molecule has 1 aromatic rings. The topological polar surface area (TPSA) is 29.3 Å². The molecule has 1 saturated heterocycles. The molecule has 0 aromatic carbocycles. The molecule has 0 bridgehead atoms. The van der Waals surface area contributed by atoms with Crippen LogP contribution < -0.4 is 0 Å². The zero-order valence-electron chi connectivity index (χ0n) is 9.56. The first-order chi connectivity index (χ1) is 6.70. The number of likely N-dealkylation sites (tertiary alicyclic amines) is 1. The highest BCUT2D eigenvalue weighted by Gasteiger charge is 2.31. The second-order valence-electron chi connectivity index (χ2n) is 4.31. The van der Waals surface area contributed by atoms with Crippen molar-refractivity contribution >= 4 is 12.4 Å². The molecule has 3 nitrogen and oxygen atoms in total. The molecule has 1 aromatic heterocycles. The summed E-state index contributed by atoms with van der Waals surface area (Å²) >= 11 is 0. The largest absolute Gasteiger partial charge is 0.359 e. The Morgan fingerprint density at radius 1 is 1.60 bits per heavy atom. The van der Waals surface area contributed by atoms with E-state index in [1.165, 1.54) is 13.0 Å². The molecule has 0 spiro atoms. The molecule has 0 N–H and O–H groups in total. The predicted octanol–water partition coefficient (Wildman–Crippen LogP) is 2.81. The molecule has 2 atom stereocenters. The second kappa shape index (κ2) is 4.99. The van der Waals surface area contributed by atoms with Crippen LogP contribution in [-0.4, -0.2) is 23.1 Å². The van der Waals surface area contributed by atoms with E-state index in [1.54, 1.807) is 0 Å². The van der Waals surface area contributed by atoms with Crippen LogP contribution in [-0.2, 0) is 0 Å². The zero-order valence-corrected chi connectivity index (χ0v) is 10.4. The Morgan fingerprint density at radius 2 is 2.33 bits per heavy atom. The molecular weight excluding hydrogens is 212 g/mol. The maximum Gasteiger partial charge on any atom is 0.154 e. The van der Waals surface area contributed by atoms with Crippen LogP contribution in [0, 0.1) is 12.8 Å². The van der Waals surface area contributed by atoms with Crippen LogP contribution in [0.3, 0.4) is 0 Å². The maximum absolute atomic E-state index is 5.34. The van der Waals surface area contributed by atoms with E-state index in [-0.39, 0.29) is 12.4 Å².